The Labute approximate surface area is 87.5 Å². The normalized spacial score (nSPS) is 17.9. The summed E-state index contributed by atoms with van der Waals surface area (Å²) in [7, 11) is 0. The minimum atomic E-state index is -0.858. The SMILES string of the molecule is O=C(O)Cc1ncc(C2CCOCC2)[nH]1. The summed E-state index contributed by atoms with van der Waals surface area (Å²) in [5, 5.41) is 8.61. The zero-order chi connectivity index (χ0) is 10.7. The van der Waals surface area contributed by atoms with Crippen LogP contribution in [-0.2, 0) is 16.0 Å². The second kappa shape index (κ2) is 4.44. The van der Waals surface area contributed by atoms with Crippen molar-refractivity contribution in [2.24, 2.45) is 0 Å². The van der Waals surface area contributed by atoms with Gasteiger partial charge in [0.2, 0.25) is 0 Å². The number of aromatic amines is 1. The number of hydrogen-bond donors (Lipinski definition) is 2. The van der Waals surface area contributed by atoms with Gasteiger partial charge in [-0.3, -0.25) is 4.79 Å². The number of aliphatic carboxylic acids is 1. The molecule has 0 amide bonds. The van der Waals surface area contributed by atoms with E-state index < -0.39 is 5.97 Å². The van der Waals surface area contributed by atoms with Crippen molar-refractivity contribution in [3.63, 3.8) is 0 Å². The Balaban J connectivity index is 2.02. The number of rotatable bonds is 3. The molecule has 1 fully saturated rings. The number of nitrogens with one attached hydrogen (secondary N) is 1. The van der Waals surface area contributed by atoms with Crippen molar-refractivity contribution in [3.8, 4) is 0 Å². The number of nitrogens with zero attached hydrogens (tertiary/aromatic N) is 1. The van der Waals surface area contributed by atoms with Crippen LogP contribution >= 0.6 is 0 Å². The number of H-pyrrole nitrogens is 1. The first kappa shape index (κ1) is 10.2. The van der Waals surface area contributed by atoms with Crippen molar-refractivity contribution in [1.82, 2.24) is 9.97 Å². The van der Waals surface area contributed by atoms with Crippen molar-refractivity contribution >= 4 is 5.97 Å². The highest BCUT2D eigenvalue weighted by Gasteiger charge is 2.18. The molecule has 1 aliphatic heterocycles. The molecule has 0 atom stereocenters. The van der Waals surface area contributed by atoms with E-state index in [-0.39, 0.29) is 6.42 Å². The quantitative estimate of drug-likeness (QED) is 0.778. The Morgan fingerprint density at radius 3 is 3.00 bits per heavy atom. The number of aromatic nitrogens is 2. The summed E-state index contributed by atoms with van der Waals surface area (Å²) in [6, 6.07) is 0. The van der Waals surface area contributed by atoms with E-state index in [2.05, 4.69) is 9.97 Å². The summed E-state index contributed by atoms with van der Waals surface area (Å²) < 4.78 is 5.26. The molecule has 0 aliphatic carbocycles. The summed E-state index contributed by atoms with van der Waals surface area (Å²) in [4.78, 5) is 17.6. The Kier molecular flexibility index (Phi) is 3.01. The molecule has 0 unspecified atom stereocenters. The zero-order valence-electron chi connectivity index (χ0n) is 8.40. The van der Waals surface area contributed by atoms with Gasteiger partial charge in [0.25, 0.3) is 0 Å². The lowest BCUT2D eigenvalue weighted by Crippen LogP contribution is -2.14. The summed E-state index contributed by atoms with van der Waals surface area (Å²) in [6.07, 6.45) is 3.67. The molecular weight excluding hydrogens is 196 g/mol. The number of ether oxygens (including phenoxy) is 1. The van der Waals surface area contributed by atoms with Crippen molar-refractivity contribution in [3.05, 3.63) is 17.7 Å². The number of carboxylic acid groups (broad SMARTS) is 1. The summed E-state index contributed by atoms with van der Waals surface area (Å²) in [6.45, 7) is 1.55. The van der Waals surface area contributed by atoms with Gasteiger partial charge in [-0.05, 0) is 12.8 Å². The monoisotopic (exact) mass is 210 g/mol. The van der Waals surface area contributed by atoms with Crippen LogP contribution in [0.5, 0.6) is 0 Å². The molecule has 2 N–H and O–H groups in total. The smallest absolute Gasteiger partial charge is 0.311 e. The van der Waals surface area contributed by atoms with Crippen LogP contribution in [0.15, 0.2) is 6.20 Å². The lowest BCUT2D eigenvalue weighted by atomic mass is 9.97. The first-order valence-electron chi connectivity index (χ1n) is 5.09. The molecule has 0 bridgehead atoms. The molecule has 5 nitrogen and oxygen atoms in total. The number of carbonyl (C=O) groups is 1. The van der Waals surface area contributed by atoms with Crippen molar-refractivity contribution in [2.45, 2.75) is 25.2 Å². The summed E-state index contributed by atoms with van der Waals surface area (Å²) in [5.74, 6) is 0.112. The van der Waals surface area contributed by atoms with Gasteiger partial charge in [-0.1, -0.05) is 0 Å². The van der Waals surface area contributed by atoms with E-state index in [0.29, 0.717) is 11.7 Å². The van der Waals surface area contributed by atoms with Crippen LogP contribution in [-0.4, -0.2) is 34.3 Å². The van der Waals surface area contributed by atoms with Gasteiger partial charge < -0.3 is 14.8 Å². The molecule has 0 saturated carbocycles. The van der Waals surface area contributed by atoms with Gasteiger partial charge in [0.05, 0.1) is 0 Å². The predicted molar refractivity (Wildman–Crippen MR) is 52.7 cm³/mol. The maximum Gasteiger partial charge on any atom is 0.311 e. The predicted octanol–water partition coefficient (Wildman–Crippen LogP) is 0.931. The van der Waals surface area contributed by atoms with Crippen molar-refractivity contribution in [2.75, 3.05) is 13.2 Å². The molecular formula is C10H14N2O3. The standard InChI is InChI=1S/C10H14N2O3/c13-10(14)5-9-11-6-8(12-9)7-1-3-15-4-2-7/h6-7H,1-5H2,(H,11,12)(H,13,14). The highest BCUT2D eigenvalue weighted by molar-refractivity contribution is 5.68. The maximum absolute atomic E-state index is 10.5. The van der Waals surface area contributed by atoms with Crippen LogP contribution in [0.2, 0.25) is 0 Å². The molecule has 2 heterocycles. The Bertz CT molecular complexity index is 342. The number of imidazole rings is 1. The van der Waals surface area contributed by atoms with Gasteiger partial charge in [-0.25, -0.2) is 4.98 Å². The van der Waals surface area contributed by atoms with Crippen LogP contribution in [0.1, 0.15) is 30.3 Å². The fourth-order valence-corrected chi connectivity index (χ4v) is 1.83. The van der Waals surface area contributed by atoms with Gasteiger partial charge in [0.1, 0.15) is 12.2 Å². The molecule has 2 rings (SSSR count). The molecule has 0 aromatic carbocycles. The molecule has 5 heteroatoms. The van der Waals surface area contributed by atoms with E-state index in [1.807, 2.05) is 0 Å². The van der Waals surface area contributed by atoms with Gasteiger partial charge in [0.15, 0.2) is 0 Å². The second-order valence-corrected chi connectivity index (χ2v) is 3.74. The molecule has 1 saturated heterocycles. The zero-order valence-corrected chi connectivity index (χ0v) is 8.40. The van der Waals surface area contributed by atoms with E-state index in [1.54, 1.807) is 6.20 Å². The minimum Gasteiger partial charge on any atom is -0.481 e. The summed E-state index contributed by atoms with van der Waals surface area (Å²) in [5.41, 5.74) is 1.04. The lowest BCUT2D eigenvalue weighted by molar-refractivity contribution is -0.136. The van der Waals surface area contributed by atoms with Crippen LogP contribution in [0.4, 0.5) is 0 Å². The Morgan fingerprint density at radius 1 is 1.60 bits per heavy atom. The third kappa shape index (κ3) is 2.56. The Hall–Kier alpha value is -1.36. The topological polar surface area (TPSA) is 75.2 Å². The second-order valence-electron chi connectivity index (χ2n) is 3.74. The molecule has 15 heavy (non-hydrogen) atoms. The molecule has 1 aromatic heterocycles. The average Bonchev–Trinajstić information content (AvgIpc) is 2.67. The van der Waals surface area contributed by atoms with E-state index in [0.717, 1.165) is 31.7 Å². The fourth-order valence-electron chi connectivity index (χ4n) is 1.83. The van der Waals surface area contributed by atoms with E-state index in [4.69, 9.17) is 9.84 Å². The van der Waals surface area contributed by atoms with Gasteiger partial charge >= 0.3 is 5.97 Å². The van der Waals surface area contributed by atoms with Crippen LogP contribution < -0.4 is 0 Å². The maximum atomic E-state index is 10.5. The lowest BCUT2D eigenvalue weighted by Gasteiger charge is -2.20. The molecule has 1 aliphatic rings. The van der Waals surface area contributed by atoms with Crippen LogP contribution in [0, 0.1) is 0 Å². The van der Waals surface area contributed by atoms with Gasteiger partial charge in [0, 0.05) is 31.0 Å². The highest BCUT2D eigenvalue weighted by Crippen LogP contribution is 2.25. The molecule has 82 valence electrons. The van der Waals surface area contributed by atoms with Gasteiger partial charge in [-0.2, -0.15) is 0 Å². The van der Waals surface area contributed by atoms with E-state index in [1.165, 1.54) is 0 Å². The van der Waals surface area contributed by atoms with Crippen molar-refractivity contribution < 1.29 is 14.6 Å². The molecule has 0 spiro atoms. The van der Waals surface area contributed by atoms with E-state index in [9.17, 15) is 4.79 Å². The number of hydrogen-bond acceptors (Lipinski definition) is 3. The summed E-state index contributed by atoms with van der Waals surface area (Å²) >= 11 is 0. The highest BCUT2D eigenvalue weighted by atomic mass is 16.5. The fraction of sp³-hybridized carbons (Fsp3) is 0.600. The number of carboxylic acids is 1. The molecule has 1 aromatic rings. The third-order valence-electron chi connectivity index (χ3n) is 2.63. The largest absolute Gasteiger partial charge is 0.481 e. The third-order valence-corrected chi connectivity index (χ3v) is 2.63. The average molecular weight is 210 g/mol. The van der Waals surface area contributed by atoms with Crippen LogP contribution in [0.3, 0.4) is 0 Å². The van der Waals surface area contributed by atoms with E-state index >= 15 is 0 Å². The first-order valence-corrected chi connectivity index (χ1v) is 5.09. The minimum absolute atomic E-state index is 0.0385. The van der Waals surface area contributed by atoms with Crippen LogP contribution in [0.25, 0.3) is 0 Å². The van der Waals surface area contributed by atoms with Crippen molar-refractivity contribution in [1.29, 1.82) is 0 Å². The van der Waals surface area contributed by atoms with Gasteiger partial charge in [-0.15, -0.1) is 0 Å². The Morgan fingerprint density at radius 2 is 2.33 bits per heavy atom. The first-order chi connectivity index (χ1) is 7.25. The molecule has 0 radical (unpaired) electrons.